The van der Waals surface area contributed by atoms with Crippen molar-refractivity contribution in [3.63, 3.8) is 0 Å². The number of esters is 1. The van der Waals surface area contributed by atoms with Crippen molar-refractivity contribution in [1.29, 1.82) is 0 Å². The molecule has 0 N–H and O–H groups in total. The molecule has 7 nitrogen and oxygen atoms in total. The van der Waals surface area contributed by atoms with Crippen molar-refractivity contribution in [3.05, 3.63) is 101 Å². The van der Waals surface area contributed by atoms with Crippen molar-refractivity contribution in [2.45, 2.75) is 50.5 Å². The Balaban J connectivity index is 1.28. The maximum absolute atomic E-state index is 17.7. The summed E-state index contributed by atoms with van der Waals surface area (Å²) in [5.41, 5.74) is 3.38. The molecule has 3 fully saturated rings. The minimum atomic E-state index is -2.10. The summed E-state index contributed by atoms with van der Waals surface area (Å²) in [6.45, 7) is 4.83. The highest BCUT2D eigenvalue weighted by Gasteiger charge is 2.56. The van der Waals surface area contributed by atoms with Gasteiger partial charge >= 0.3 is 5.97 Å². The van der Waals surface area contributed by atoms with Gasteiger partial charge in [-0.2, -0.15) is 0 Å². The SMILES string of the molecule is COC[C@H]1CN(C(=O)[C@]2(F)CN(Cc3ccccc3)C[C@H]2c2ccc(C)cc2)CC1c1ccc(CF)cc1N1CCC(C(=O)OC)CC1. The summed E-state index contributed by atoms with van der Waals surface area (Å²) in [5.74, 6) is -1.63. The molecule has 1 amide bonds. The number of aryl methyl sites for hydroxylation is 1. The Labute approximate surface area is 282 Å². The molecule has 3 aromatic carbocycles. The third kappa shape index (κ3) is 6.99. The highest BCUT2D eigenvalue weighted by atomic mass is 19.1. The van der Waals surface area contributed by atoms with Crippen LogP contribution in [-0.2, 0) is 32.3 Å². The maximum atomic E-state index is 17.7. The molecule has 48 heavy (non-hydrogen) atoms. The predicted octanol–water partition coefficient (Wildman–Crippen LogP) is 6.05. The smallest absolute Gasteiger partial charge is 0.308 e. The van der Waals surface area contributed by atoms with Crippen molar-refractivity contribution in [2.24, 2.45) is 11.8 Å². The van der Waals surface area contributed by atoms with Crippen LogP contribution in [0.1, 0.15) is 52.5 Å². The van der Waals surface area contributed by atoms with Gasteiger partial charge in [-0.1, -0.05) is 72.3 Å². The number of halogens is 2. The number of likely N-dealkylation sites (tertiary alicyclic amines) is 2. The molecule has 0 aliphatic carbocycles. The van der Waals surface area contributed by atoms with E-state index in [2.05, 4.69) is 9.80 Å². The predicted molar refractivity (Wildman–Crippen MR) is 182 cm³/mol. The Hall–Kier alpha value is -3.82. The maximum Gasteiger partial charge on any atom is 0.308 e. The molecule has 4 atom stereocenters. The van der Waals surface area contributed by atoms with Crippen molar-refractivity contribution < 1.29 is 27.8 Å². The van der Waals surface area contributed by atoms with Gasteiger partial charge in [-0.3, -0.25) is 14.5 Å². The molecule has 3 heterocycles. The average Bonchev–Trinajstić information content (AvgIpc) is 3.69. The van der Waals surface area contributed by atoms with E-state index in [1.165, 1.54) is 7.11 Å². The molecule has 0 radical (unpaired) electrons. The fourth-order valence-corrected chi connectivity index (χ4v) is 8.07. The van der Waals surface area contributed by atoms with Gasteiger partial charge in [0.15, 0.2) is 0 Å². The van der Waals surface area contributed by atoms with Crippen molar-refractivity contribution in [3.8, 4) is 0 Å². The lowest BCUT2D eigenvalue weighted by Gasteiger charge is -2.35. The number of benzene rings is 3. The molecular formula is C39H47F2N3O4. The van der Waals surface area contributed by atoms with E-state index >= 15 is 4.39 Å². The molecule has 6 rings (SSSR count). The first-order valence-corrected chi connectivity index (χ1v) is 17.1. The van der Waals surface area contributed by atoms with E-state index in [9.17, 15) is 14.0 Å². The molecule has 1 unspecified atom stereocenters. The summed E-state index contributed by atoms with van der Waals surface area (Å²) in [6, 6.07) is 23.5. The molecule has 0 saturated carbocycles. The zero-order valence-corrected chi connectivity index (χ0v) is 28.2. The van der Waals surface area contributed by atoms with E-state index < -0.39 is 24.2 Å². The lowest BCUT2D eigenvalue weighted by Crippen LogP contribution is -2.50. The summed E-state index contributed by atoms with van der Waals surface area (Å²) < 4.78 is 42.2. The average molecular weight is 660 g/mol. The Morgan fingerprint density at radius 3 is 2.31 bits per heavy atom. The Morgan fingerprint density at radius 2 is 1.65 bits per heavy atom. The molecular weight excluding hydrogens is 612 g/mol. The first-order valence-electron chi connectivity index (χ1n) is 17.1. The van der Waals surface area contributed by atoms with Gasteiger partial charge in [0.25, 0.3) is 5.91 Å². The first-order chi connectivity index (χ1) is 23.2. The normalized spacial score (nSPS) is 25.1. The molecule has 3 aliphatic rings. The van der Waals surface area contributed by atoms with Crippen molar-refractivity contribution >= 4 is 17.6 Å². The van der Waals surface area contributed by atoms with Crippen molar-refractivity contribution in [1.82, 2.24) is 9.80 Å². The summed E-state index contributed by atoms with van der Waals surface area (Å²) in [5, 5.41) is 0. The van der Waals surface area contributed by atoms with Gasteiger partial charge in [0.05, 0.1) is 19.6 Å². The second kappa shape index (κ2) is 14.7. The van der Waals surface area contributed by atoms with Crippen LogP contribution in [0.4, 0.5) is 14.5 Å². The third-order valence-electron chi connectivity index (χ3n) is 10.7. The molecule has 0 spiro atoms. The minimum absolute atomic E-state index is 0.0148. The van der Waals surface area contributed by atoms with Gasteiger partial charge in [-0.25, -0.2) is 8.78 Å². The van der Waals surface area contributed by atoms with E-state index in [0.29, 0.717) is 64.3 Å². The summed E-state index contributed by atoms with van der Waals surface area (Å²) in [6.07, 6.45) is 1.29. The van der Waals surface area contributed by atoms with E-state index in [4.69, 9.17) is 9.47 Å². The molecule has 256 valence electrons. The second-order valence-electron chi connectivity index (χ2n) is 13.8. The Kier molecular flexibility index (Phi) is 10.5. The highest BCUT2D eigenvalue weighted by molar-refractivity contribution is 5.88. The number of piperidine rings is 1. The van der Waals surface area contributed by atoms with E-state index in [-0.39, 0.29) is 30.3 Å². The fraction of sp³-hybridized carbons (Fsp3) is 0.487. The second-order valence-corrected chi connectivity index (χ2v) is 13.8. The van der Waals surface area contributed by atoms with Crippen LogP contribution in [-0.4, -0.2) is 87.4 Å². The minimum Gasteiger partial charge on any atom is -0.469 e. The zero-order valence-electron chi connectivity index (χ0n) is 28.2. The summed E-state index contributed by atoms with van der Waals surface area (Å²) in [7, 11) is 3.06. The number of methoxy groups -OCH3 is 2. The molecule has 3 aromatic rings. The number of carbonyl (C=O) groups excluding carboxylic acids is 2. The number of alkyl halides is 2. The number of nitrogens with zero attached hydrogens (tertiary/aromatic N) is 3. The number of anilines is 1. The van der Waals surface area contributed by atoms with Gasteiger partial charge in [0.1, 0.15) is 6.67 Å². The fourth-order valence-electron chi connectivity index (χ4n) is 8.07. The van der Waals surface area contributed by atoms with Gasteiger partial charge < -0.3 is 19.3 Å². The molecule has 3 saturated heterocycles. The highest BCUT2D eigenvalue weighted by Crippen LogP contribution is 2.45. The summed E-state index contributed by atoms with van der Waals surface area (Å²) >= 11 is 0. The van der Waals surface area contributed by atoms with Crippen LogP contribution in [0.25, 0.3) is 0 Å². The van der Waals surface area contributed by atoms with Crippen LogP contribution in [0, 0.1) is 18.8 Å². The van der Waals surface area contributed by atoms with E-state index in [1.807, 2.05) is 73.7 Å². The van der Waals surface area contributed by atoms with Gasteiger partial charge in [0.2, 0.25) is 5.67 Å². The quantitative estimate of drug-likeness (QED) is 0.247. The van der Waals surface area contributed by atoms with E-state index in [1.54, 1.807) is 18.1 Å². The standard InChI is InChI=1S/C39H47F2N3O4/c1-27-9-12-30(13-10-27)35-24-42(21-28-7-5-4-6-8-28)26-39(35,41)38(46)44-22-32(25-47-2)34(23-44)33-14-11-29(20-40)19-36(33)43-17-15-31(16-18-43)37(45)48-3/h4-14,19,31-32,34-35H,15-18,20-26H2,1-3H3/t32-,34?,35+,39+/m1/s1. The lowest BCUT2D eigenvalue weighted by molar-refractivity contribution is -0.146. The number of carbonyl (C=O) groups is 2. The van der Waals surface area contributed by atoms with Crippen LogP contribution in [0.2, 0.25) is 0 Å². The number of hydrogen-bond acceptors (Lipinski definition) is 6. The van der Waals surface area contributed by atoms with Gasteiger partial charge in [-0.05, 0) is 48.1 Å². The largest absolute Gasteiger partial charge is 0.469 e. The third-order valence-corrected chi connectivity index (χ3v) is 10.7. The van der Waals surface area contributed by atoms with Crippen LogP contribution < -0.4 is 4.90 Å². The number of rotatable bonds is 10. The van der Waals surface area contributed by atoms with Crippen LogP contribution >= 0.6 is 0 Å². The van der Waals surface area contributed by atoms with Crippen LogP contribution in [0.5, 0.6) is 0 Å². The lowest BCUT2D eigenvalue weighted by atomic mass is 9.85. The summed E-state index contributed by atoms with van der Waals surface area (Å²) in [4.78, 5) is 32.7. The molecule has 3 aliphatic heterocycles. The molecule has 9 heteroatoms. The van der Waals surface area contributed by atoms with Gasteiger partial charge in [0, 0.05) is 76.4 Å². The van der Waals surface area contributed by atoms with E-state index in [0.717, 1.165) is 27.9 Å². The zero-order chi connectivity index (χ0) is 33.8. The number of hydrogen-bond donors (Lipinski definition) is 0. The van der Waals surface area contributed by atoms with Crippen LogP contribution in [0.15, 0.2) is 72.8 Å². The van der Waals surface area contributed by atoms with Gasteiger partial charge in [-0.15, -0.1) is 0 Å². The Bertz CT molecular complexity index is 1560. The van der Waals surface area contributed by atoms with Crippen molar-refractivity contribution in [2.75, 3.05) is 65.0 Å². The number of ether oxygens (including phenoxy) is 2. The Morgan fingerprint density at radius 1 is 0.917 bits per heavy atom. The molecule has 0 aromatic heterocycles. The first kappa shape index (κ1) is 34.1. The van der Waals surface area contributed by atoms with Crippen LogP contribution in [0.3, 0.4) is 0 Å². The monoisotopic (exact) mass is 659 g/mol. The molecule has 0 bridgehead atoms. The number of amides is 1. The topological polar surface area (TPSA) is 62.3 Å².